The lowest BCUT2D eigenvalue weighted by Crippen LogP contribution is -2.35. The van der Waals surface area contributed by atoms with Gasteiger partial charge in [0.2, 0.25) is 5.89 Å². The summed E-state index contributed by atoms with van der Waals surface area (Å²) in [6.07, 6.45) is 10.9. The summed E-state index contributed by atoms with van der Waals surface area (Å²) in [5.41, 5.74) is 0.300. The third kappa shape index (κ3) is 1.49. The van der Waals surface area contributed by atoms with Crippen LogP contribution >= 0.6 is 0 Å². The Balaban J connectivity index is 1.81. The van der Waals surface area contributed by atoms with E-state index in [0.29, 0.717) is 11.4 Å². The summed E-state index contributed by atoms with van der Waals surface area (Å²) in [5.74, 6) is 0.614. The molecule has 0 radical (unpaired) electrons. The first-order valence-corrected chi connectivity index (χ1v) is 5.60. The minimum Gasteiger partial charge on any atom is -0.335 e. The predicted octanol–water partition coefficient (Wildman–Crippen LogP) is 1.71. The van der Waals surface area contributed by atoms with Crippen molar-refractivity contribution < 1.29 is 4.52 Å². The second-order valence-electron chi connectivity index (χ2n) is 4.41. The van der Waals surface area contributed by atoms with Gasteiger partial charge in [-0.2, -0.15) is 4.98 Å². The Morgan fingerprint density at radius 1 is 1.33 bits per heavy atom. The molecule has 2 aliphatic heterocycles. The number of hydrogen-bond donors (Lipinski definition) is 0. The van der Waals surface area contributed by atoms with Crippen LogP contribution in [0.5, 0.6) is 0 Å². The Bertz CT molecular complexity index is 348. The molecule has 0 bridgehead atoms. The quantitative estimate of drug-likeness (QED) is 0.737. The fourth-order valence-corrected chi connectivity index (χ4v) is 2.90. The number of aromatic nitrogens is 2. The van der Waals surface area contributed by atoms with Gasteiger partial charge < -0.3 is 4.52 Å². The Labute approximate surface area is 89.0 Å². The topological polar surface area (TPSA) is 42.2 Å². The summed E-state index contributed by atoms with van der Waals surface area (Å²) in [6.45, 7) is 2.49. The molecule has 1 aromatic rings. The summed E-state index contributed by atoms with van der Waals surface area (Å²) in [6, 6.07) is 0. The molecule has 3 heterocycles. The fourth-order valence-electron chi connectivity index (χ4n) is 2.90. The summed E-state index contributed by atoms with van der Waals surface area (Å²) in [7, 11) is 0. The Morgan fingerprint density at radius 3 is 2.80 bits per heavy atom. The van der Waals surface area contributed by atoms with E-state index in [4.69, 9.17) is 4.52 Å². The number of nitrogens with zero attached hydrogens (tertiary/aromatic N) is 3. The number of fused-ring (bicyclic) bond motifs is 1. The highest BCUT2D eigenvalue weighted by Gasteiger charge is 2.41. The number of rotatable bonds is 2. The normalized spacial score (nSPS) is 25.1. The summed E-state index contributed by atoms with van der Waals surface area (Å²) >= 11 is 0. The molecule has 0 atom stereocenters. The van der Waals surface area contributed by atoms with Crippen molar-refractivity contribution in [3.63, 3.8) is 0 Å². The second-order valence-corrected chi connectivity index (χ2v) is 4.41. The van der Waals surface area contributed by atoms with Gasteiger partial charge in [-0.15, -0.1) is 0 Å². The van der Waals surface area contributed by atoms with Crippen molar-refractivity contribution in [2.24, 2.45) is 0 Å². The van der Waals surface area contributed by atoms with E-state index in [1.54, 1.807) is 0 Å². The van der Waals surface area contributed by atoms with Gasteiger partial charge in [-0.25, -0.2) is 0 Å². The molecule has 0 aromatic carbocycles. The van der Waals surface area contributed by atoms with E-state index < -0.39 is 0 Å². The number of hydrogen-bond acceptors (Lipinski definition) is 4. The van der Waals surface area contributed by atoms with Crippen molar-refractivity contribution in [2.45, 2.75) is 31.2 Å². The van der Waals surface area contributed by atoms with Gasteiger partial charge in [0.15, 0.2) is 6.33 Å². The lowest BCUT2D eigenvalue weighted by atomic mass is 9.93. The van der Waals surface area contributed by atoms with Crippen LogP contribution in [0.15, 0.2) is 16.9 Å². The first-order chi connectivity index (χ1) is 7.39. The average molecular weight is 205 g/mol. The van der Waals surface area contributed by atoms with Crippen LogP contribution < -0.4 is 0 Å². The van der Waals surface area contributed by atoms with Crippen molar-refractivity contribution in [1.82, 2.24) is 15.0 Å². The summed E-state index contributed by atoms with van der Waals surface area (Å²) < 4.78 is 4.97. The zero-order valence-corrected chi connectivity index (χ0v) is 8.72. The Kier molecular flexibility index (Phi) is 2.09. The lowest BCUT2D eigenvalue weighted by molar-refractivity contribution is 0.251. The van der Waals surface area contributed by atoms with Crippen LogP contribution in [-0.4, -0.2) is 33.7 Å². The predicted molar refractivity (Wildman–Crippen MR) is 56.1 cm³/mol. The van der Waals surface area contributed by atoms with Crippen LogP contribution in [-0.2, 0) is 0 Å². The third-order valence-corrected chi connectivity index (χ3v) is 3.62. The largest absolute Gasteiger partial charge is 0.335 e. The van der Waals surface area contributed by atoms with Gasteiger partial charge in [0, 0.05) is 11.6 Å². The molecule has 2 fully saturated rings. The molecule has 4 heteroatoms. The van der Waals surface area contributed by atoms with Gasteiger partial charge in [-0.3, -0.25) is 4.90 Å². The maximum atomic E-state index is 4.97. The first-order valence-electron chi connectivity index (χ1n) is 5.60. The van der Waals surface area contributed by atoms with Crippen molar-refractivity contribution in [3.05, 3.63) is 18.3 Å². The molecule has 2 saturated heterocycles. The molecule has 0 aliphatic carbocycles. The van der Waals surface area contributed by atoms with E-state index in [1.165, 1.54) is 45.1 Å². The Morgan fingerprint density at radius 2 is 2.13 bits per heavy atom. The minimum atomic E-state index is 0.300. The third-order valence-electron chi connectivity index (χ3n) is 3.62. The van der Waals surface area contributed by atoms with Crippen LogP contribution in [0.25, 0.3) is 6.08 Å². The molecule has 0 spiro atoms. The molecule has 0 unspecified atom stereocenters. The van der Waals surface area contributed by atoms with E-state index >= 15 is 0 Å². The molecule has 15 heavy (non-hydrogen) atoms. The average Bonchev–Trinajstić information content (AvgIpc) is 2.91. The van der Waals surface area contributed by atoms with E-state index in [2.05, 4.69) is 21.1 Å². The Hall–Kier alpha value is -1.16. The molecular weight excluding hydrogens is 190 g/mol. The molecular formula is C11H15N3O. The second kappa shape index (κ2) is 3.45. The molecule has 4 nitrogen and oxygen atoms in total. The molecule has 0 amide bonds. The summed E-state index contributed by atoms with van der Waals surface area (Å²) in [5, 5.41) is 3.60. The highest BCUT2D eigenvalue weighted by molar-refractivity contribution is 5.41. The zero-order valence-electron chi connectivity index (χ0n) is 8.72. The highest BCUT2D eigenvalue weighted by Crippen LogP contribution is 2.40. The smallest absolute Gasteiger partial charge is 0.250 e. The van der Waals surface area contributed by atoms with Crippen LogP contribution in [0, 0.1) is 0 Å². The summed E-state index contributed by atoms with van der Waals surface area (Å²) in [4.78, 5) is 6.59. The van der Waals surface area contributed by atoms with Crippen molar-refractivity contribution in [3.8, 4) is 0 Å². The fraction of sp³-hybridized carbons (Fsp3) is 0.636. The molecule has 0 saturated carbocycles. The van der Waals surface area contributed by atoms with Crippen molar-refractivity contribution >= 4 is 6.08 Å². The van der Waals surface area contributed by atoms with E-state index in [0.717, 1.165) is 0 Å². The van der Waals surface area contributed by atoms with Gasteiger partial charge in [0.05, 0.1) is 0 Å². The SMILES string of the molecule is C(=C/C12CCCN1CCC2)/c1ncno1. The lowest BCUT2D eigenvalue weighted by Gasteiger charge is -2.28. The van der Waals surface area contributed by atoms with Crippen molar-refractivity contribution in [1.29, 1.82) is 0 Å². The van der Waals surface area contributed by atoms with Gasteiger partial charge >= 0.3 is 0 Å². The van der Waals surface area contributed by atoms with Gasteiger partial charge in [0.25, 0.3) is 0 Å². The van der Waals surface area contributed by atoms with Crippen LogP contribution in [0.2, 0.25) is 0 Å². The van der Waals surface area contributed by atoms with Gasteiger partial charge in [-0.05, 0) is 38.8 Å². The maximum absolute atomic E-state index is 4.97. The van der Waals surface area contributed by atoms with Gasteiger partial charge in [-0.1, -0.05) is 11.2 Å². The highest BCUT2D eigenvalue weighted by atomic mass is 16.5. The molecule has 80 valence electrons. The molecule has 2 aliphatic rings. The van der Waals surface area contributed by atoms with E-state index in [1.807, 2.05) is 6.08 Å². The maximum Gasteiger partial charge on any atom is 0.250 e. The standard InChI is InChI=1S/C11H15N3O/c1-4-11(5-2-8-14(11)7-1)6-3-10-12-9-13-15-10/h3,6,9H,1-2,4-5,7-8H2/b6-3-. The zero-order chi connectivity index (χ0) is 10.1. The molecule has 1 aromatic heterocycles. The van der Waals surface area contributed by atoms with Crippen LogP contribution in [0.1, 0.15) is 31.6 Å². The van der Waals surface area contributed by atoms with E-state index in [9.17, 15) is 0 Å². The monoisotopic (exact) mass is 205 g/mol. The van der Waals surface area contributed by atoms with Crippen molar-refractivity contribution in [2.75, 3.05) is 13.1 Å². The molecule has 3 rings (SSSR count). The first kappa shape index (κ1) is 9.09. The minimum absolute atomic E-state index is 0.300. The van der Waals surface area contributed by atoms with Crippen LogP contribution in [0.4, 0.5) is 0 Å². The van der Waals surface area contributed by atoms with Crippen LogP contribution in [0.3, 0.4) is 0 Å². The van der Waals surface area contributed by atoms with Gasteiger partial charge in [0.1, 0.15) is 0 Å². The molecule has 0 N–H and O–H groups in total. The van der Waals surface area contributed by atoms with E-state index in [-0.39, 0.29) is 0 Å².